The molecule has 1 aromatic carbocycles. The molecule has 0 saturated heterocycles. The van der Waals surface area contributed by atoms with Crippen LogP contribution in [0.1, 0.15) is 21.7 Å². The zero-order chi connectivity index (χ0) is 15.6. The van der Waals surface area contributed by atoms with E-state index in [1.165, 1.54) is 0 Å². The lowest BCUT2D eigenvalue weighted by molar-refractivity contribution is 0.102. The minimum Gasteiger partial charge on any atom is -0.399 e. The van der Waals surface area contributed by atoms with Crippen LogP contribution in [0.3, 0.4) is 0 Å². The Balaban J connectivity index is 2.34. The van der Waals surface area contributed by atoms with Crippen LogP contribution in [0.2, 0.25) is 0 Å². The van der Waals surface area contributed by atoms with E-state index in [0.29, 0.717) is 17.2 Å². The third kappa shape index (κ3) is 3.47. The van der Waals surface area contributed by atoms with E-state index < -0.39 is 0 Å². The molecular weight excluding hydrogens is 266 g/mol. The quantitative estimate of drug-likeness (QED) is 0.843. The fourth-order valence-electron chi connectivity index (χ4n) is 2.08. The molecule has 2 aromatic rings. The molecule has 21 heavy (non-hydrogen) atoms. The Hall–Kier alpha value is -2.63. The highest BCUT2D eigenvalue weighted by Gasteiger charge is 2.15. The standard InChI is InChI=1S/C15H19N5O/c1-9-7-10(2)18-15(17-9)19-14(21)12-8-11(16)5-6-13(12)20(3)4/h5-8H,16H2,1-4H3,(H,17,18,19,21). The Morgan fingerprint density at radius 3 is 2.33 bits per heavy atom. The molecule has 0 bridgehead atoms. The third-order valence-corrected chi connectivity index (χ3v) is 2.95. The number of nitrogens with one attached hydrogen (secondary N) is 1. The van der Waals surface area contributed by atoms with E-state index in [9.17, 15) is 4.79 Å². The molecule has 0 radical (unpaired) electrons. The van der Waals surface area contributed by atoms with Crippen LogP contribution in [0.25, 0.3) is 0 Å². The number of hydrogen-bond acceptors (Lipinski definition) is 5. The van der Waals surface area contributed by atoms with Crippen molar-refractivity contribution in [2.75, 3.05) is 30.0 Å². The van der Waals surface area contributed by atoms with Gasteiger partial charge in [-0.15, -0.1) is 0 Å². The molecular formula is C15H19N5O. The average molecular weight is 285 g/mol. The van der Waals surface area contributed by atoms with E-state index in [0.717, 1.165) is 17.1 Å². The number of aromatic nitrogens is 2. The summed E-state index contributed by atoms with van der Waals surface area (Å²) in [4.78, 5) is 22.7. The highest BCUT2D eigenvalue weighted by atomic mass is 16.1. The van der Waals surface area contributed by atoms with Crippen LogP contribution >= 0.6 is 0 Å². The summed E-state index contributed by atoms with van der Waals surface area (Å²) < 4.78 is 0. The normalized spacial score (nSPS) is 10.3. The van der Waals surface area contributed by atoms with E-state index in [2.05, 4.69) is 15.3 Å². The lowest BCUT2D eigenvalue weighted by Crippen LogP contribution is -2.20. The number of rotatable bonds is 3. The molecule has 2 rings (SSSR count). The van der Waals surface area contributed by atoms with Gasteiger partial charge in [-0.1, -0.05) is 0 Å². The van der Waals surface area contributed by atoms with E-state index in [1.807, 2.05) is 45.0 Å². The molecule has 0 aliphatic heterocycles. The first-order valence-electron chi connectivity index (χ1n) is 6.57. The Morgan fingerprint density at radius 1 is 1.14 bits per heavy atom. The van der Waals surface area contributed by atoms with Crippen molar-refractivity contribution in [3.63, 3.8) is 0 Å². The van der Waals surface area contributed by atoms with Gasteiger partial charge in [-0.3, -0.25) is 10.1 Å². The Kier molecular flexibility index (Phi) is 4.07. The first kappa shape index (κ1) is 14.8. The smallest absolute Gasteiger partial charge is 0.260 e. The molecule has 0 aliphatic rings. The molecule has 1 heterocycles. The van der Waals surface area contributed by atoms with Crippen LogP contribution < -0.4 is 16.0 Å². The molecule has 0 saturated carbocycles. The van der Waals surface area contributed by atoms with Crippen LogP contribution in [0.15, 0.2) is 24.3 Å². The van der Waals surface area contributed by atoms with Gasteiger partial charge in [-0.05, 0) is 38.1 Å². The number of aryl methyl sites for hydroxylation is 2. The molecule has 3 N–H and O–H groups in total. The second kappa shape index (κ2) is 5.78. The van der Waals surface area contributed by atoms with Crippen molar-refractivity contribution >= 4 is 23.2 Å². The van der Waals surface area contributed by atoms with E-state index in [1.54, 1.807) is 12.1 Å². The minimum atomic E-state index is -0.281. The SMILES string of the molecule is Cc1cc(C)nc(NC(=O)c2cc(N)ccc2N(C)C)n1. The summed E-state index contributed by atoms with van der Waals surface area (Å²) in [5, 5.41) is 2.72. The number of anilines is 3. The maximum absolute atomic E-state index is 12.4. The maximum atomic E-state index is 12.4. The number of carbonyl (C=O) groups is 1. The average Bonchev–Trinajstić information content (AvgIpc) is 2.36. The molecule has 0 aliphatic carbocycles. The number of nitrogens with zero attached hydrogens (tertiary/aromatic N) is 3. The highest BCUT2D eigenvalue weighted by Crippen LogP contribution is 2.22. The Labute approximate surface area is 124 Å². The number of nitrogen functional groups attached to an aromatic ring is 1. The number of hydrogen-bond donors (Lipinski definition) is 2. The summed E-state index contributed by atoms with van der Waals surface area (Å²) in [5.74, 6) is 0.0145. The topological polar surface area (TPSA) is 84.1 Å². The lowest BCUT2D eigenvalue weighted by atomic mass is 10.1. The van der Waals surface area contributed by atoms with Crippen LogP contribution in [0, 0.1) is 13.8 Å². The van der Waals surface area contributed by atoms with Crippen LogP contribution in [-0.2, 0) is 0 Å². The molecule has 6 nitrogen and oxygen atoms in total. The summed E-state index contributed by atoms with van der Waals surface area (Å²) >= 11 is 0. The molecule has 1 aromatic heterocycles. The van der Waals surface area contributed by atoms with Gasteiger partial charge in [0.1, 0.15) is 0 Å². The van der Waals surface area contributed by atoms with Gasteiger partial charge in [-0.25, -0.2) is 9.97 Å². The van der Waals surface area contributed by atoms with Gasteiger partial charge in [0, 0.05) is 36.9 Å². The number of nitrogens with two attached hydrogens (primary N) is 1. The Bertz CT molecular complexity index is 662. The monoisotopic (exact) mass is 285 g/mol. The van der Waals surface area contributed by atoms with Crippen LogP contribution in [0.4, 0.5) is 17.3 Å². The summed E-state index contributed by atoms with van der Waals surface area (Å²) in [6.45, 7) is 3.71. The van der Waals surface area contributed by atoms with Gasteiger partial charge in [0.25, 0.3) is 5.91 Å². The van der Waals surface area contributed by atoms with Crippen LogP contribution in [0.5, 0.6) is 0 Å². The summed E-state index contributed by atoms with van der Waals surface area (Å²) in [6, 6.07) is 7.07. The van der Waals surface area contributed by atoms with Gasteiger partial charge in [-0.2, -0.15) is 0 Å². The molecule has 1 amide bonds. The predicted molar refractivity (Wildman–Crippen MR) is 84.6 cm³/mol. The molecule has 0 unspecified atom stereocenters. The third-order valence-electron chi connectivity index (χ3n) is 2.95. The van der Waals surface area contributed by atoms with Crippen LogP contribution in [-0.4, -0.2) is 30.0 Å². The van der Waals surface area contributed by atoms with Crippen molar-refractivity contribution in [1.82, 2.24) is 9.97 Å². The molecule has 0 atom stereocenters. The van der Waals surface area contributed by atoms with Crippen molar-refractivity contribution in [3.8, 4) is 0 Å². The van der Waals surface area contributed by atoms with Gasteiger partial charge in [0.2, 0.25) is 5.95 Å². The summed E-state index contributed by atoms with van der Waals surface area (Å²) in [5.41, 5.74) is 9.19. The maximum Gasteiger partial charge on any atom is 0.260 e. The van der Waals surface area contributed by atoms with Gasteiger partial charge < -0.3 is 10.6 Å². The van der Waals surface area contributed by atoms with Gasteiger partial charge >= 0.3 is 0 Å². The van der Waals surface area contributed by atoms with E-state index in [-0.39, 0.29) is 5.91 Å². The fraction of sp³-hybridized carbons (Fsp3) is 0.267. The zero-order valence-electron chi connectivity index (χ0n) is 12.6. The van der Waals surface area contributed by atoms with Crippen molar-refractivity contribution in [2.45, 2.75) is 13.8 Å². The van der Waals surface area contributed by atoms with E-state index >= 15 is 0 Å². The Morgan fingerprint density at radius 2 is 1.76 bits per heavy atom. The second-order valence-electron chi connectivity index (χ2n) is 5.10. The fourth-order valence-corrected chi connectivity index (χ4v) is 2.08. The number of amides is 1. The highest BCUT2D eigenvalue weighted by molar-refractivity contribution is 6.08. The molecule has 0 spiro atoms. The largest absolute Gasteiger partial charge is 0.399 e. The summed E-state index contributed by atoms with van der Waals surface area (Å²) in [7, 11) is 3.74. The van der Waals surface area contributed by atoms with E-state index in [4.69, 9.17) is 5.73 Å². The number of benzene rings is 1. The van der Waals surface area contributed by atoms with Gasteiger partial charge in [0.15, 0.2) is 0 Å². The molecule has 110 valence electrons. The second-order valence-corrected chi connectivity index (χ2v) is 5.10. The zero-order valence-corrected chi connectivity index (χ0v) is 12.6. The molecule has 6 heteroatoms. The van der Waals surface area contributed by atoms with Crippen molar-refractivity contribution in [3.05, 3.63) is 41.2 Å². The first-order chi connectivity index (χ1) is 9.86. The van der Waals surface area contributed by atoms with Crippen molar-refractivity contribution < 1.29 is 4.79 Å². The molecule has 0 fully saturated rings. The summed E-state index contributed by atoms with van der Waals surface area (Å²) in [6.07, 6.45) is 0. The lowest BCUT2D eigenvalue weighted by Gasteiger charge is -2.17. The minimum absolute atomic E-state index is 0.281. The van der Waals surface area contributed by atoms with Crippen molar-refractivity contribution in [2.24, 2.45) is 0 Å². The van der Waals surface area contributed by atoms with Gasteiger partial charge in [0.05, 0.1) is 5.56 Å². The van der Waals surface area contributed by atoms with Crippen molar-refractivity contribution in [1.29, 1.82) is 0 Å². The first-order valence-corrected chi connectivity index (χ1v) is 6.57. The number of carbonyl (C=O) groups excluding carboxylic acids is 1. The predicted octanol–water partition coefficient (Wildman–Crippen LogP) is 1.99.